The SMILES string of the molecule is CC(C)(NC(=O)NCCc1ccc2c(c1)OCCO2)c1nc(-n2ccnc2)ns1. The summed E-state index contributed by atoms with van der Waals surface area (Å²) < 4.78 is 17.2. The van der Waals surface area contributed by atoms with Gasteiger partial charge in [-0.25, -0.2) is 14.8 Å². The second-order valence-corrected chi connectivity index (χ2v) is 7.86. The Morgan fingerprint density at radius 3 is 2.90 bits per heavy atom. The van der Waals surface area contributed by atoms with Gasteiger partial charge in [-0.2, -0.15) is 4.37 Å². The molecule has 0 atom stereocenters. The molecule has 0 saturated heterocycles. The van der Waals surface area contributed by atoms with Crippen LogP contribution in [0.4, 0.5) is 4.79 Å². The van der Waals surface area contributed by atoms with Crippen molar-refractivity contribution < 1.29 is 14.3 Å². The van der Waals surface area contributed by atoms with E-state index < -0.39 is 5.54 Å². The number of nitrogens with zero attached hydrogens (tertiary/aromatic N) is 4. The first-order valence-electron chi connectivity index (χ1n) is 9.28. The molecule has 3 heterocycles. The largest absolute Gasteiger partial charge is 0.486 e. The maximum absolute atomic E-state index is 12.4. The monoisotopic (exact) mass is 414 g/mol. The Morgan fingerprint density at radius 2 is 2.10 bits per heavy atom. The van der Waals surface area contributed by atoms with Crippen molar-refractivity contribution >= 4 is 17.6 Å². The van der Waals surface area contributed by atoms with Gasteiger partial charge in [-0.05, 0) is 49.5 Å². The van der Waals surface area contributed by atoms with E-state index in [1.54, 1.807) is 23.3 Å². The molecule has 0 saturated carbocycles. The number of rotatable bonds is 6. The summed E-state index contributed by atoms with van der Waals surface area (Å²) in [6.45, 7) is 5.41. The molecule has 4 rings (SSSR count). The van der Waals surface area contributed by atoms with Crippen LogP contribution in [0, 0.1) is 0 Å². The van der Waals surface area contributed by atoms with Crippen LogP contribution in [0.1, 0.15) is 24.4 Å². The summed E-state index contributed by atoms with van der Waals surface area (Å²) in [5.74, 6) is 2.06. The van der Waals surface area contributed by atoms with E-state index >= 15 is 0 Å². The van der Waals surface area contributed by atoms with Gasteiger partial charge in [0.05, 0.1) is 5.54 Å². The van der Waals surface area contributed by atoms with Crippen molar-refractivity contribution in [3.8, 4) is 17.4 Å². The normalized spacial score (nSPS) is 13.2. The summed E-state index contributed by atoms with van der Waals surface area (Å²) in [6, 6.07) is 5.58. The van der Waals surface area contributed by atoms with Crippen molar-refractivity contribution in [1.29, 1.82) is 0 Å². The third-order valence-electron chi connectivity index (χ3n) is 4.42. The summed E-state index contributed by atoms with van der Waals surface area (Å²) in [7, 11) is 0. The first-order chi connectivity index (χ1) is 14.0. The minimum absolute atomic E-state index is 0.257. The van der Waals surface area contributed by atoms with Gasteiger partial charge in [-0.1, -0.05) is 6.07 Å². The van der Waals surface area contributed by atoms with Crippen LogP contribution in [-0.4, -0.2) is 44.7 Å². The average Bonchev–Trinajstić information content (AvgIpc) is 3.39. The van der Waals surface area contributed by atoms with Crippen molar-refractivity contribution in [1.82, 2.24) is 29.5 Å². The minimum Gasteiger partial charge on any atom is -0.486 e. The Morgan fingerprint density at radius 1 is 1.28 bits per heavy atom. The third-order valence-corrected chi connectivity index (χ3v) is 5.45. The second kappa shape index (κ2) is 8.08. The molecule has 10 heteroatoms. The third kappa shape index (κ3) is 4.48. The number of ether oxygens (including phenoxy) is 2. The average molecular weight is 414 g/mol. The van der Waals surface area contributed by atoms with E-state index in [-0.39, 0.29) is 6.03 Å². The van der Waals surface area contributed by atoms with Crippen molar-refractivity contribution in [3.05, 3.63) is 47.5 Å². The molecule has 2 N–H and O–H groups in total. The molecule has 0 bridgehead atoms. The molecule has 9 nitrogen and oxygen atoms in total. The van der Waals surface area contributed by atoms with Crippen LogP contribution in [0.2, 0.25) is 0 Å². The van der Waals surface area contributed by atoms with E-state index in [1.807, 2.05) is 32.0 Å². The molecule has 0 unspecified atom stereocenters. The first-order valence-corrected chi connectivity index (χ1v) is 10.1. The Kier molecular flexibility index (Phi) is 5.34. The topological polar surface area (TPSA) is 103 Å². The number of urea groups is 1. The summed E-state index contributed by atoms with van der Waals surface area (Å²) >= 11 is 1.25. The lowest BCUT2D eigenvalue weighted by molar-refractivity contribution is 0.171. The molecule has 1 aliphatic rings. The Bertz CT molecular complexity index is 986. The van der Waals surface area contributed by atoms with Crippen LogP contribution >= 0.6 is 11.5 Å². The molecule has 3 aromatic rings. The molecular formula is C19H22N6O3S. The Balaban J connectivity index is 1.30. The molecule has 2 amide bonds. The van der Waals surface area contributed by atoms with Gasteiger partial charge in [0.2, 0.25) is 5.95 Å². The predicted molar refractivity (Wildman–Crippen MR) is 108 cm³/mol. The molecule has 2 aromatic heterocycles. The highest BCUT2D eigenvalue weighted by atomic mass is 32.1. The quantitative estimate of drug-likeness (QED) is 0.641. The lowest BCUT2D eigenvalue weighted by Crippen LogP contribution is -2.46. The van der Waals surface area contributed by atoms with Gasteiger partial charge in [0.25, 0.3) is 0 Å². The summed E-state index contributed by atoms with van der Waals surface area (Å²) in [4.78, 5) is 20.9. The number of benzene rings is 1. The fourth-order valence-corrected chi connectivity index (χ4v) is 3.60. The zero-order valence-corrected chi connectivity index (χ0v) is 17.0. The van der Waals surface area contributed by atoms with E-state index in [0.29, 0.717) is 37.1 Å². The van der Waals surface area contributed by atoms with Crippen LogP contribution in [0.3, 0.4) is 0 Å². The number of carbonyl (C=O) groups is 1. The molecule has 152 valence electrons. The van der Waals surface area contributed by atoms with Gasteiger partial charge in [0.15, 0.2) is 11.5 Å². The molecule has 0 fully saturated rings. The number of hydrogen-bond donors (Lipinski definition) is 2. The molecule has 1 aromatic carbocycles. The smallest absolute Gasteiger partial charge is 0.315 e. The van der Waals surface area contributed by atoms with Crippen molar-refractivity contribution in [2.24, 2.45) is 0 Å². The van der Waals surface area contributed by atoms with Crippen LogP contribution in [-0.2, 0) is 12.0 Å². The number of imidazole rings is 1. The van der Waals surface area contributed by atoms with Crippen molar-refractivity contribution in [2.75, 3.05) is 19.8 Å². The summed E-state index contributed by atoms with van der Waals surface area (Å²) in [6.07, 6.45) is 5.76. The van der Waals surface area contributed by atoms with Gasteiger partial charge in [0.1, 0.15) is 24.5 Å². The highest BCUT2D eigenvalue weighted by molar-refractivity contribution is 7.05. The molecule has 0 spiro atoms. The van der Waals surface area contributed by atoms with Crippen molar-refractivity contribution in [3.63, 3.8) is 0 Å². The standard InChI is InChI=1S/C19H22N6O3S/c1-19(2,16-22-17(24-29-16)25-8-7-20-12-25)23-18(26)21-6-5-13-3-4-14-15(11-13)28-10-9-27-14/h3-4,7-8,11-12H,5-6,9-10H2,1-2H3,(H2,21,23,26). The van der Waals surface area contributed by atoms with Crippen LogP contribution in [0.25, 0.3) is 5.95 Å². The fourth-order valence-electron chi connectivity index (χ4n) is 2.90. The minimum atomic E-state index is -0.655. The number of nitrogens with one attached hydrogen (secondary N) is 2. The molecule has 0 radical (unpaired) electrons. The van der Waals surface area contributed by atoms with Gasteiger partial charge in [-0.15, -0.1) is 0 Å². The predicted octanol–water partition coefficient (Wildman–Crippen LogP) is 2.27. The zero-order valence-electron chi connectivity index (χ0n) is 16.2. The van der Waals surface area contributed by atoms with Gasteiger partial charge in [-0.3, -0.25) is 4.57 Å². The van der Waals surface area contributed by atoms with Crippen LogP contribution < -0.4 is 20.1 Å². The first kappa shape index (κ1) is 19.2. The highest BCUT2D eigenvalue weighted by Gasteiger charge is 2.27. The number of hydrogen-bond acceptors (Lipinski definition) is 7. The zero-order chi connectivity index (χ0) is 20.3. The Hall–Kier alpha value is -3.14. The maximum atomic E-state index is 12.4. The van der Waals surface area contributed by atoms with E-state index in [4.69, 9.17) is 9.47 Å². The van der Waals surface area contributed by atoms with Gasteiger partial charge >= 0.3 is 6.03 Å². The Labute approximate surface area is 172 Å². The van der Waals surface area contributed by atoms with E-state index in [2.05, 4.69) is 25.0 Å². The van der Waals surface area contributed by atoms with E-state index in [0.717, 1.165) is 17.1 Å². The molecule has 29 heavy (non-hydrogen) atoms. The highest BCUT2D eigenvalue weighted by Crippen LogP contribution is 2.30. The van der Waals surface area contributed by atoms with Crippen molar-refractivity contribution in [2.45, 2.75) is 25.8 Å². The van der Waals surface area contributed by atoms with E-state index in [1.165, 1.54) is 11.5 Å². The lowest BCUT2D eigenvalue weighted by atomic mass is 10.1. The number of aromatic nitrogens is 4. The van der Waals surface area contributed by atoms with Gasteiger partial charge < -0.3 is 20.1 Å². The van der Waals surface area contributed by atoms with Crippen LogP contribution in [0.15, 0.2) is 36.9 Å². The van der Waals surface area contributed by atoms with E-state index in [9.17, 15) is 4.79 Å². The molecule has 1 aliphatic heterocycles. The van der Waals surface area contributed by atoms with Crippen LogP contribution in [0.5, 0.6) is 11.5 Å². The lowest BCUT2D eigenvalue weighted by Gasteiger charge is -2.23. The fraction of sp³-hybridized carbons (Fsp3) is 0.368. The number of amides is 2. The number of fused-ring (bicyclic) bond motifs is 1. The molecule has 0 aliphatic carbocycles. The molecular weight excluding hydrogens is 392 g/mol. The second-order valence-electron chi connectivity index (χ2n) is 7.10. The summed E-state index contributed by atoms with van der Waals surface area (Å²) in [5, 5.41) is 6.56. The maximum Gasteiger partial charge on any atom is 0.315 e. The summed E-state index contributed by atoms with van der Waals surface area (Å²) in [5.41, 5.74) is 0.417. The van der Waals surface area contributed by atoms with Gasteiger partial charge in [0, 0.05) is 18.9 Å². The number of carbonyl (C=O) groups excluding carboxylic acids is 1.